The van der Waals surface area contributed by atoms with Gasteiger partial charge in [-0.25, -0.2) is 0 Å². The van der Waals surface area contributed by atoms with Crippen LogP contribution < -0.4 is 4.90 Å². The predicted molar refractivity (Wildman–Crippen MR) is 89.8 cm³/mol. The molecule has 1 aromatic heterocycles. The third kappa shape index (κ3) is 4.10. The molecule has 3 rings (SSSR count). The Bertz CT molecular complexity index is 585. The number of anilines is 1. The zero-order chi connectivity index (χ0) is 16.8. The number of ether oxygens (including phenoxy) is 2. The van der Waals surface area contributed by atoms with E-state index in [2.05, 4.69) is 27.7 Å². The summed E-state index contributed by atoms with van der Waals surface area (Å²) in [6.45, 7) is 8.55. The quantitative estimate of drug-likeness (QED) is 0.587. The Labute approximate surface area is 142 Å². The molecule has 0 saturated carbocycles. The summed E-state index contributed by atoms with van der Waals surface area (Å²) in [4.78, 5) is 16.2. The molecule has 0 spiro atoms. The van der Waals surface area contributed by atoms with Crippen LogP contribution in [0.3, 0.4) is 0 Å². The van der Waals surface area contributed by atoms with E-state index in [0.29, 0.717) is 26.3 Å². The van der Waals surface area contributed by atoms with Crippen LogP contribution in [0.2, 0.25) is 0 Å². The van der Waals surface area contributed by atoms with Crippen molar-refractivity contribution in [1.82, 2.24) is 15.1 Å². The van der Waals surface area contributed by atoms with Crippen LogP contribution in [0.15, 0.2) is 18.7 Å². The van der Waals surface area contributed by atoms with Crippen LogP contribution in [-0.4, -0.2) is 67.1 Å². The normalized spacial score (nSPS) is 18.0. The lowest BCUT2D eigenvalue weighted by molar-refractivity contribution is -0.136. The maximum atomic E-state index is 12.2. The number of fused-ring (bicyclic) bond motifs is 1. The molecule has 1 fully saturated rings. The van der Waals surface area contributed by atoms with E-state index >= 15 is 0 Å². The van der Waals surface area contributed by atoms with Crippen LogP contribution in [0.5, 0.6) is 0 Å². The highest BCUT2D eigenvalue weighted by molar-refractivity contribution is 5.77. The largest absolute Gasteiger partial charge is 0.380 e. The molecule has 7 heteroatoms. The second kappa shape index (κ2) is 8.21. The molecule has 3 heterocycles. The first-order valence-corrected chi connectivity index (χ1v) is 8.42. The van der Waals surface area contributed by atoms with Gasteiger partial charge in [0.1, 0.15) is 6.61 Å². The summed E-state index contributed by atoms with van der Waals surface area (Å²) in [5.74, 6) is 0.875. The lowest BCUT2D eigenvalue weighted by Crippen LogP contribution is -2.39. The van der Waals surface area contributed by atoms with Gasteiger partial charge in [0, 0.05) is 39.2 Å². The number of carbonyl (C=O) groups excluding carboxylic acids is 1. The van der Waals surface area contributed by atoms with Gasteiger partial charge in [0.05, 0.1) is 18.9 Å². The van der Waals surface area contributed by atoms with Crippen LogP contribution in [0.4, 0.5) is 5.82 Å². The first-order valence-electron chi connectivity index (χ1n) is 8.42. The van der Waals surface area contributed by atoms with E-state index in [4.69, 9.17) is 9.47 Å². The van der Waals surface area contributed by atoms with Gasteiger partial charge in [-0.1, -0.05) is 6.08 Å². The van der Waals surface area contributed by atoms with Crippen LogP contribution in [-0.2, 0) is 27.2 Å². The molecule has 1 aromatic rings. The molecule has 0 N–H and O–H groups in total. The molecule has 7 nitrogen and oxygen atoms in total. The van der Waals surface area contributed by atoms with Gasteiger partial charge in [0.25, 0.3) is 0 Å². The summed E-state index contributed by atoms with van der Waals surface area (Å²) in [6, 6.07) is 2.07. The van der Waals surface area contributed by atoms with Crippen molar-refractivity contribution in [2.45, 2.75) is 19.4 Å². The second-order valence-electron chi connectivity index (χ2n) is 6.00. The topological polar surface area (TPSA) is 67.8 Å². The van der Waals surface area contributed by atoms with Crippen molar-refractivity contribution in [3.8, 4) is 0 Å². The van der Waals surface area contributed by atoms with Crippen molar-refractivity contribution >= 4 is 11.7 Å². The molecular formula is C17H24N4O3. The summed E-state index contributed by atoms with van der Waals surface area (Å²) in [5.41, 5.74) is 2.06. The molecule has 130 valence electrons. The van der Waals surface area contributed by atoms with E-state index in [1.165, 1.54) is 0 Å². The SMILES string of the molecule is C=CCOCC(=O)N1CCc2nnc(N3CCCOCC3)cc2C1. The van der Waals surface area contributed by atoms with Gasteiger partial charge in [0.15, 0.2) is 5.82 Å². The summed E-state index contributed by atoms with van der Waals surface area (Å²) in [5, 5.41) is 8.75. The van der Waals surface area contributed by atoms with Crippen molar-refractivity contribution in [3.05, 3.63) is 30.0 Å². The first-order chi connectivity index (χ1) is 11.8. The average molecular weight is 332 g/mol. The van der Waals surface area contributed by atoms with Crippen LogP contribution in [0.1, 0.15) is 17.7 Å². The zero-order valence-electron chi connectivity index (χ0n) is 13.9. The molecule has 1 saturated heterocycles. The highest BCUT2D eigenvalue weighted by atomic mass is 16.5. The van der Waals surface area contributed by atoms with Gasteiger partial charge < -0.3 is 19.3 Å². The first kappa shape index (κ1) is 16.9. The Morgan fingerprint density at radius 1 is 1.33 bits per heavy atom. The Kier molecular flexibility index (Phi) is 5.77. The van der Waals surface area contributed by atoms with Gasteiger partial charge in [-0.3, -0.25) is 4.79 Å². The van der Waals surface area contributed by atoms with Crippen molar-refractivity contribution < 1.29 is 14.3 Å². The number of rotatable bonds is 5. The van der Waals surface area contributed by atoms with Crippen LogP contribution in [0, 0.1) is 0 Å². The highest BCUT2D eigenvalue weighted by Crippen LogP contribution is 2.21. The summed E-state index contributed by atoms with van der Waals surface area (Å²) in [6.07, 6.45) is 3.37. The van der Waals surface area contributed by atoms with Gasteiger partial charge in [-0.05, 0) is 18.1 Å². The third-order valence-electron chi connectivity index (χ3n) is 4.29. The van der Waals surface area contributed by atoms with Crippen LogP contribution in [0.25, 0.3) is 0 Å². The summed E-state index contributed by atoms with van der Waals surface area (Å²) >= 11 is 0. The molecular weight excluding hydrogens is 308 g/mol. The van der Waals surface area contributed by atoms with Crippen LogP contribution >= 0.6 is 0 Å². The standard InChI is InChI=1S/C17H24N4O3/c1-2-8-24-13-17(22)21-6-4-15-14(12-21)11-16(19-18-15)20-5-3-9-23-10-7-20/h2,11H,1,3-10,12-13H2. The smallest absolute Gasteiger partial charge is 0.248 e. The average Bonchev–Trinajstić information content (AvgIpc) is 2.90. The third-order valence-corrected chi connectivity index (χ3v) is 4.29. The fraction of sp³-hybridized carbons (Fsp3) is 0.588. The maximum Gasteiger partial charge on any atom is 0.248 e. The lowest BCUT2D eigenvalue weighted by Gasteiger charge is -2.29. The maximum absolute atomic E-state index is 12.2. The summed E-state index contributed by atoms with van der Waals surface area (Å²) < 4.78 is 10.7. The Balaban J connectivity index is 1.67. The molecule has 0 unspecified atom stereocenters. The minimum atomic E-state index is 0.00374. The van der Waals surface area contributed by atoms with E-state index in [-0.39, 0.29) is 12.5 Å². The number of aromatic nitrogens is 2. The fourth-order valence-corrected chi connectivity index (χ4v) is 2.98. The Hall–Kier alpha value is -1.99. The predicted octanol–water partition coefficient (Wildman–Crippen LogP) is 0.791. The van der Waals surface area contributed by atoms with Crippen molar-refractivity contribution in [2.24, 2.45) is 0 Å². The molecule has 0 aromatic carbocycles. The van der Waals surface area contributed by atoms with Gasteiger partial charge in [-0.2, -0.15) is 5.10 Å². The fourth-order valence-electron chi connectivity index (χ4n) is 2.98. The van der Waals surface area contributed by atoms with Crippen molar-refractivity contribution in [1.29, 1.82) is 0 Å². The van der Waals surface area contributed by atoms with E-state index in [0.717, 1.165) is 49.6 Å². The molecule has 0 bridgehead atoms. The molecule has 1 amide bonds. The second-order valence-corrected chi connectivity index (χ2v) is 6.00. The van der Waals surface area contributed by atoms with E-state index in [9.17, 15) is 4.79 Å². The number of hydrogen-bond donors (Lipinski definition) is 0. The van der Waals surface area contributed by atoms with E-state index in [1.54, 1.807) is 6.08 Å². The van der Waals surface area contributed by atoms with E-state index in [1.807, 2.05) is 4.90 Å². The van der Waals surface area contributed by atoms with Gasteiger partial charge in [-0.15, -0.1) is 11.7 Å². The van der Waals surface area contributed by atoms with Crippen molar-refractivity contribution in [3.63, 3.8) is 0 Å². The summed E-state index contributed by atoms with van der Waals surface area (Å²) in [7, 11) is 0. The van der Waals surface area contributed by atoms with Gasteiger partial charge >= 0.3 is 0 Å². The van der Waals surface area contributed by atoms with Crippen molar-refractivity contribution in [2.75, 3.05) is 51.0 Å². The molecule has 24 heavy (non-hydrogen) atoms. The number of amides is 1. The minimum Gasteiger partial charge on any atom is -0.380 e. The molecule has 2 aliphatic heterocycles. The Morgan fingerprint density at radius 2 is 2.25 bits per heavy atom. The van der Waals surface area contributed by atoms with Gasteiger partial charge in [0.2, 0.25) is 5.91 Å². The highest BCUT2D eigenvalue weighted by Gasteiger charge is 2.23. The molecule has 0 aliphatic carbocycles. The zero-order valence-corrected chi connectivity index (χ0v) is 13.9. The Morgan fingerprint density at radius 3 is 3.12 bits per heavy atom. The minimum absolute atomic E-state index is 0.00374. The van der Waals surface area contributed by atoms with E-state index < -0.39 is 0 Å². The number of nitrogens with zero attached hydrogens (tertiary/aromatic N) is 4. The number of carbonyl (C=O) groups is 1. The lowest BCUT2D eigenvalue weighted by atomic mass is 10.1. The monoisotopic (exact) mass is 332 g/mol. The molecule has 0 radical (unpaired) electrons. The number of hydrogen-bond acceptors (Lipinski definition) is 6. The molecule has 0 atom stereocenters. The molecule has 2 aliphatic rings.